The number of para-hydroxylation sites is 1. The van der Waals surface area contributed by atoms with Gasteiger partial charge in [0, 0.05) is 44.2 Å². The minimum absolute atomic E-state index is 0.0291. The van der Waals surface area contributed by atoms with Crippen molar-refractivity contribution in [3.63, 3.8) is 0 Å². The molecule has 1 aromatic heterocycles. The van der Waals surface area contributed by atoms with Gasteiger partial charge in [0.05, 0.1) is 12.4 Å². The quantitative estimate of drug-likeness (QED) is 0.921. The molecule has 0 radical (unpaired) electrons. The molecule has 1 aromatic carbocycles. The second-order valence-electron chi connectivity index (χ2n) is 5.47. The molecule has 4 rings (SSSR count). The second-order valence-corrected chi connectivity index (χ2v) is 5.47. The number of amides is 1. The molecule has 2 atom stereocenters. The van der Waals surface area contributed by atoms with E-state index in [4.69, 9.17) is 20.6 Å². The van der Waals surface area contributed by atoms with E-state index in [1.54, 1.807) is 0 Å². The maximum absolute atomic E-state index is 13.5. The molecule has 3 heterocycles. The standard InChI is InChI=1S/C18H24N4O/c1-21-13-6-5-7-14(21)11-12(10-13)19-18(23)17-15-8-3-4-9-16(15)22(2)20-17/h3-4,8-9,12-14H,5-7,10-11H2,1-2H3,(H,19,23)/i1D3,2D3,3D,4D,8D,9D,10D2,11D2,12D. The molecular weight excluding hydrogens is 288 g/mol. The Hall–Kier alpha value is -1.88. The Morgan fingerprint density at radius 2 is 2.17 bits per heavy atom. The van der Waals surface area contributed by atoms with Crippen molar-refractivity contribution in [1.82, 2.24) is 20.0 Å². The molecule has 2 aromatic rings. The zero-order valence-corrected chi connectivity index (χ0v) is 12.0. The average Bonchev–Trinajstić information content (AvgIpc) is 3.21. The first kappa shape index (κ1) is 5.59. The molecule has 5 nitrogen and oxygen atoms in total. The minimum atomic E-state index is -3.10. The van der Waals surface area contributed by atoms with E-state index in [0.717, 1.165) is 4.90 Å². The van der Waals surface area contributed by atoms with E-state index in [9.17, 15) is 4.79 Å². The summed E-state index contributed by atoms with van der Waals surface area (Å²) in [5, 5.41) is 5.07. The summed E-state index contributed by atoms with van der Waals surface area (Å²) >= 11 is 0. The third-order valence-corrected chi connectivity index (χ3v) is 4.02. The highest BCUT2D eigenvalue weighted by atomic mass is 16.2. The number of fused-ring (bicyclic) bond motifs is 3. The van der Waals surface area contributed by atoms with Crippen molar-refractivity contribution in [2.24, 2.45) is 6.98 Å². The molecule has 1 N–H and O–H groups in total. The summed E-state index contributed by atoms with van der Waals surface area (Å²) in [6, 6.07) is -9.21. The van der Waals surface area contributed by atoms with Crippen molar-refractivity contribution in [2.45, 2.75) is 50.1 Å². The Morgan fingerprint density at radius 3 is 2.91 bits per heavy atom. The number of piperidine rings is 2. The lowest BCUT2D eigenvalue weighted by atomic mass is 9.82. The van der Waals surface area contributed by atoms with Crippen LogP contribution >= 0.6 is 0 Å². The molecule has 2 aliphatic heterocycles. The van der Waals surface area contributed by atoms with Crippen molar-refractivity contribution in [3.05, 3.63) is 29.9 Å². The highest BCUT2D eigenvalue weighted by molar-refractivity contribution is 6.04. The summed E-state index contributed by atoms with van der Waals surface area (Å²) in [5.74, 6) is -1.45. The van der Waals surface area contributed by atoms with Gasteiger partial charge in [-0.3, -0.25) is 9.48 Å². The Bertz CT molecular complexity index is 1290. The molecular formula is C18H24N4O. The number of aryl methyl sites for hydroxylation is 1. The Kier molecular flexibility index (Phi) is 1.37. The second kappa shape index (κ2) is 5.64. The van der Waals surface area contributed by atoms with Crippen molar-refractivity contribution >= 4 is 16.8 Å². The van der Waals surface area contributed by atoms with Gasteiger partial charge in [0.15, 0.2) is 5.69 Å². The number of rotatable bonds is 2. The molecule has 122 valence electrons. The molecule has 2 aliphatic rings. The van der Waals surface area contributed by atoms with Crippen LogP contribution in [0.4, 0.5) is 0 Å². The van der Waals surface area contributed by atoms with E-state index in [0.29, 0.717) is 0 Å². The van der Waals surface area contributed by atoms with E-state index in [1.165, 1.54) is 0 Å². The van der Waals surface area contributed by atoms with Crippen LogP contribution in [0.3, 0.4) is 0 Å². The summed E-state index contributed by atoms with van der Waals surface area (Å²) in [4.78, 5) is 14.2. The normalized spacial score (nSPS) is 46.2. The third-order valence-electron chi connectivity index (χ3n) is 4.02. The maximum atomic E-state index is 13.5. The van der Waals surface area contributed by atoms with E-state index >= 15 is 0 Å². The minimum Gasteiger partial charge on any atom is -0.348 e. The Labute approximate surface area is 157 Å². The molecule has 2 fully saturated rings. The van der Waals surface area contributed by atoms with Crippen LogP contribution in [0.25, 0.3) is 10.9 Å². The fraction of sp³-hybridized carbons (Fsp3) is 0.556. The number of carbonyl (C=O) groups is 1. The molecule has 1 amide bonds. The first-order chi connectivity index (χ1) is 17.1. The van der Waals surface area contributed by atoms with Crippen LogP contribution in [-0.2, 0) is 6.98 Å². The van der Waals surface area contributed by atoms with Gasteiger partial charge in [-0.1, -0.05) is 24.5 Å². The first-order valence-corrected chi connectivity index (χ1v) is 7.21. The fourth-order valence-corrected chi connectivity index (χ4v) is 2.90. The topological polar surface area (TPSA) is 50.2 Å². The fourth-order valence-electron chi connectivity index (χ4n) is 2.90. The van der Waals surface area contributed by atoms with Gasteiger partial charge in [0.25, 0.3) is 5.91 Å². The Morgan fingerprint density at radius 1 is 1.39 bits per heavy atom. The number of benzene rings is 1. The van der Waals surface area contributed by atoms with E-state index in [2.05, 4.69) is 5.10 Å². The zero-order chi connectivity index (χ0) is 29.0. The molecule has 0 aliphatic carbocycles. The number of hydrogen-bond donors (Lipinski definition) is 1. The first-order valence-electron chi connectivity index (χ1n) is 14.7. The lowest BCUT2D eigenvalue weighted by Crippen LogP contribution is -2.55. The number of nitrogens with zero attached hydrogens (tertiary/aromatic N) is 3. The third kappa shape index (κ3) is 2.53. The lowest BCUT2D eigenvalue weighted by molar-refractivity contribution is 0.0462. The van der Waals surface area contributed by atoms with Gasteiger partial charge in [-0.15, -0.1) is 0 Å². The maximum Gasteiger partial charge on any atom is 0.272 e. The van der Waals surface area contributed by atoms with Crippen LogP contribution in [0, 0.1) is 0 Å². The summed E-state index contributed by atoms with van der Waals surface area (Å²) in [7, 11) is 0. The van der Waals surface area contributed by atoms with E-state index in [-0.39, 0.29) is 23.9 Å². The number of carbonyl (C=O) groups excluding carboxylic acids is 1. The highest BCUT2D eigenvalue weighted by Gasteiger charge is 2.36. The van der Waals surface area contributed by atoms with Gasteiger partial charge in [-0.05, 0) is 38.6 Å². The molecule has 2 saturated heterocycles. The predicted octanol–water partition coefficient (Wildman–Crippen LogP) is 2.32. The van der Waals surface area contributed by atoms with Crippen LogP contribution in [0.1, 0.15) is 63.1 Å². The molecule has 5 heteroatoms. The van der Waals surface area contributed by atoms with Crippen LogP contribution in [0.15, 0.2) is 24.2 Å². The number of hydrogen-bond acceptors (Lipinski definition) is 3. The predicted molar refractivity (Wildman–Crippen MR) is 90.4 cm³/mol. The molecule has 2 unspecified atom stereocenters. The number of aromatic nitrogens is 2. The van der Waals surface area contributed by atoms with E-state index in [1.807, 2.05) is 5.32 Å². The number of nitrogens with one attached hydrogen (secondary N) is 1. The van der Waals surface area contributed by atoms with Gasteiger partial charge in [0.1, 0.15) is 0 Å². The lowest BCUT2D eigenvalue weighted by Gasteiger charge is -2.47. The van der Waals surface area contributed by atoms with Crippen molar-refractivity contribution < 1.29 is 25.4 Å². The average molecular weight is 328 g/mol. The van der Waals surface area contributed by atoms with Gasteiger partial charge in [0.2, 0.25) is 0 Å². The Balaban J connectivity index is 1.91. The zero-order valence-electron chi connectivity index (χ0n) is 27.0. The summed E-state index contributed by atoms with van der Waals surface area (Å²) in [6.07, 6.45) is -5.72. The van der Waals surface area contributed by atoms with Gasteiger partial charge in [-0.2, -0.15) is 5.10 Å². The molecule has 0 saturated carbocycles. The summed E-state index contributed by atoms with van der Waals surface area (Å²) in [6.45, 7) is -5.99. The molecule has 0 spiro atoms. The van der Waals surface area contributed by atoms with Crippen LogP contribution < -0.4 is 5.32 Å². The molecule has 23 heavy (non-hydrogen) atoms. The van der Waals surface area contributed by atoms with Crippen LogP contribution in [-0.4, -0.2) is 45.7 Å². The van der Waals surface area contributed by atoms with E-state index < -0.39 is 91.5 Å². The van der Waals surface area contributed by atoms with Crippen molar-refractivity contribution in [1.29, 1.82) is 0 Å². The van der Waals surface area contributed by atoms with Gasteiger partial charge >= 0.3 is 0 Å². The van der Waals surface area contributed by atoms with Crippen molar-refractivity contribution in [2.75, 3.05) is 6.98 Å². The SMILES string of the molecule is [2H]c1c([2H])c([2H])c2c(c(C(=O)NC3([2H])C([2H])([2H])C4CCCC(N4C([2H])([2H])[2H])C3([2H])[2H])nn2C([2H])([2H])[2H])c1[2H]. The van der Waals surface area contributed by atoms with Gasteiger partial charge in [-0.25, -0.2) is 0 Å². The largest absolute Gasteiger partial charge is 0.348 e. The highest BCUT2D eigenvalue weighted by Crippen LogP contribution is 2.32. The monoisotopic (exact) mass is 327 g/mol. The van der Waals surface area contributed by atoms with Crippen LogP contribution in [0.5, 0.6) is 0 Å². The summed E-state index contributed by atoms with van der Waals surface area (Å²) < 4.78 is 123. The molecule has 2 bridgehead atoms. The van der Waals surface area contributed by atoms with Gasteiger partial charge < -0.3 is 10.2 Å². The smallest absolute Gasteiger partial charge is 0.272 e. The summed E-state index contributed by atoms with van der Waals surface area (Å²) in [5.41, 5.74) is -1.50. The van der Waals surface area contributed by atoms with Crippen molar-refractivity contribution in [3.8, 4) is 0 Å². The van der Waals surface area contributed by atoms with Crippen LogP contribution in [0.2, 0.25) is 0 Å².